The van der Waals surface area contributed by atoms with Crippen LogP contribution in [0.5, 0.6) is 0 Å². The summed E-state index contributed by atoms with van der Waals surface area (Å²) in [5.41, 5.74) is -0.0160. The number of ether oxygens (including phenoxy) is 2. The fourth-order valence-electron chi connectivity index (χ4n) is 7.13. The summed E-state index contributed by atoms with van der Waals surface area (Å²) in [6.45, 7) is 13.4. The van der Waals surface area contributed by atoms with Crippen molar-refractivity contribution in [1.82, 2.24) is 9.97 Å². The second kappa shape index (κ2) is 14.4. The molecule has 4 aromatic rings. The number of carbonyl (C=O) groups is 1. The topological polar surface area (TPSA) is 77.0 Å². The quantitative estimate of drug-likeness (QED) is 0.169. The number of halogens is 2. The Kier molecular flexibility index (Phi) is 10.3. The first kappa shape index (κ1) is 34.8. The zero-order chi connectivity index (χ0) is 34.8. The molecule has 0 aliphatic carbocycles. The Morgan fingerprint density at radius 2 is 1.47 bits per heavy atom. The molecule has 11 heteroatoms. The summed E-state index contributed by atoms with van der Waals surface area (Å²) in [4.78, 5) is 26.4. The Hall–Kier alpha value is -4.03. The molecule has 8 nitrogen and oxygen atoms in total. The van der Waals surface area contributed by atoms with Crippen LogP contribution in [0.2, 0.25) is 5.04 Å². The van der Waals surface area contributed by atoms with Crippen LogP contribution in [-0.4, -0.2) is 75.7 Å². The van der Waals surface area contributed by atoms with Gasteiger partial charge < -0.3 is 23.7 Å². The number of ketones is 1. The van der Waals surface area contributed by atoms with Gasteiger partial charge in [-0.15, -0.1) is 0 Å². The monoisotopic (exact) mass is 686 g/mol. The van der Waals surface area contributed by atoms with E-state index in [1.807, 2.05) is 60.0 Å². The lowest BCUT2D eigenvalue weighted by atomic mass is 10.0. The zero-order valence-electron chi connectivity index (χ0n) is 28.8. The van der Waals surface area contributed by atoms with Crippen LogP contribution in [0, 0.1) is 11.6 Å². The van der Waals surface area contributed by atoms with Gasteiger partial charge in [0.15, 0.2) is 11.6 Å². The fourth-order valence-corrected chi connectivity index (χ4v) is 11.7. The summed E-state index contributed by atoms with van der Waals surface area (Å²) in [6.07, 6.45) is 2.39. The van der Waals surface area contributed by atoms with Crippen molar-refractivity contribution in [2.75, 3.05) is 49.2 Å². The average molecular weight is 687 g/mol. The van der Waals surface area contributed by atoms with E-state index in [0.717, 1.165) is 10.4 Å². The van der Waals surface area contributed by atoms with E-state index >= 15 is 8.78 Å². The molecule has 3 heterocycles. The molecule has 3 aromatic carbocycles. The molecule has 2 unspecified atom stereocenters. The normalized spacial score (nSPS) is 18.8. The van der Waals surface area contributed by atoms with Gasteiger partial charge in [-0.3, -0.25) is 4.79 Å². The first-order valence-electron chi connectivity index (χ1n) is 16.9. The van der Waals surface area contributed by atoms with Crippen LogP contribution in [0.1, 0.15) is 56.2 Å². The molecule has 2 fully saturated rings. The maximum atomic E-state index is 16.5. The molecule has 2 aliphatic rings. The fraction of sp³-hybridized carbons (Fsp3) is 0.395. The van der Waals surface area contributed by atoms with Gasteiger partial charge in [0, 0.05) is 31.7 Å². The van der Waals surface area contributed by atoms with Gasteiger partial charge >= 0.3 is 0 Å². The van der Waals surface area contributed by atoms with Crippen molar-refractivity contribution >= 4 is 36.0 Å². The highest BCUT2D eigenvalue weighted by Crippen LogP contribution is 2.39. The minimum atomic E-state index is -3.07. The van der Waals surface area contributed by atoms with Crippen LogP contribution < -0.4 is 20.2 Å². The number of anilines is 2. The molecule has 2 aliphatic heterocycles. The van der Waals surface area contributed by atoms with Crippen molar-refractivity contribution in [3.8, 4) is 0 Å². The highest BCUT2D eigenvalue weighted by Gasteiger charge is 2.50. The molecule has 1 aromatic heterocycles. The van der Waals surface area contributed by atoms with E-state index in [1.165, 1.54) is 18.5 Å². The van der Waals surface area contributed by atoms with Gasteiger partial charge in [-0.25, -0.2) is 18.7 Å². The lowest BCUT2D eigenvalue weighted by Crippen LogP contribution is -2.66. The lowest BCUT2D eigenvalue weighted by Gasteiger charge is -2.43. The maximum Gasteiger partial charge on any atom is 0.261 e. The first-order valence-corrected chi connectivity index (χ1v) is 18.8. The summed E-state index contributed by atoms with van der Waals surface area (Å²) >= 11 is 0. The molecule has 2 atom stereocenters. The molecule has 0 radical (unpaired) electrons. The Morgan fingerprint density at radius 3 is 2.00 bits per heavy atom. The number of aromatic nitrogens is 2. The van der Waals surface area contributed by atoms with E-state index in [1.54, 1.807) is 0 Å². The summed E-state index contributed by atoms with van der Waals surface area (Å²) < 4.78 is 51.2. The molecular formula is C38H44F2N4O4Si. The molecule has 6 rings (SSSR count). The minimum Gasteiger partial charge on any atom is -0.403 e. The van der Waals surface area contributed by atoms with Crippen molar-refractivity contribution in [2.45, 2.75) is 58.5 Å². The van der Waals surface area contributed by atoms with Gasteiger partial charge in [0.2, 0.25) is 5.78 Å². The van der Waals surface area contributed by atoms with Gasteiger partial charge in [0.05, 0.1) is 55.7 Å². The van der Waals surface area contributed by atoms with Crippen LogP contribution in [0.3, 0.4) is 0 Å². The Labute approximate surface area is 288 Å². The highest BCUT2D eigenvalue weighted by molar-refractivity contribution is 6.99. The van der Waals surface area contributed by atoms with Crippen molar-refractivity contribution in [3.05, 3.63) is 108 Å². The molecule has 258 valence electrons. The third-order valence-corrected chi connectivity index (χ3v) is 14.3. The van der Waals surface area contributed by atoms with E-state index in [9.17, 15) is 4.79 Å². The van der Waals surface area contributed by atoms with Crippen LogP contribution in [0.25, 0.3) is 0 Å². The molecule has 0 saturated carbocycles. The molecule has 2 saturated heterocycles. The van der Waals surface area contributed by atoms with E-state index in [-0.39, 0.29) is 35.2 Å². The van der Waals surface area contributed by atoms with Crippen molar-refractivity contribution in [1.29, 1.82) is 0 Å². The third kappa shape index (κ3) is 7.03. The minimum absolute atomic E-state index is 0.0537. The Balaban J connectivity index is 1.44. The second-order valence-corrected chi connectivity index (χ2v) is 18.2. The van der Waals surface area contributed by atoms with E-state index in [0.29, 0.717) is 50.8 Å². The van der Waals surface area contributed by atoms with E-state index in [2.05, 4.69) is 55.0 Å². The summed E-state index contributed by atoms with van der Waals surface area (Å²) in [6, 6.07) is 21.7. The summed E-state index contributed by atoms with van der Waals surface area (Å²) in [5.74, 6) is -2.47. The van der Waals surface area contributed by atoms with Crippen molar-refractivity contribution in [3.63, 3.8) is 0 Å². The van der Waals surface area contributed by atoms with Crippen LogP contribution in [-0.2, 0) is 20.5 Å². The smallest absolute Gasteiger partial charge is 0.261 e. The summed E-state index contributed by atoms with van der Waals surface area (Å²) in [5, 5.41) is 1.75. The number of hydrogen-bond acceptors (Lipinski definition) is 8. The van der Waals surface area contributed by atoms with Crippen molar-refractivity contribution < 1.29 is 27.5 Å². The number of carbonyl (C=O) groups excluding carboxylic acids is 1. The van der Waals surface area contributed by atoms with E-state index in [4.69, 9.17) is 13.9 Å². The molecule has 0 bridgehead atoms. The van der Waals surface area contributed by atoms with Crippen molar-refractivity contribution in [2.24, 2.45) is 0 Å². The number of nitrogens with zero attached hydrogens (tertiary/aromatic N) is 4. The number of hydrogen-bond donors (Lipinski definition) is 0. The molecule has 0 N–H and O–H groups in total. The number of rotatable bonds is 9. The van der Waals surface area contributed by atoms with Gasteiger partial charge in [-0.05, 0) is 35.3 Å². The third-order valence-electron chi connectivity index (χ3n) is 9.31. The van der Waals surface area contributed by atoms with E-state index < -0.39 is 31.3 Å². The Bertz CT molecular complexity index is 1700. The van der Waals surface area contributed by atoms with Gasteiger partial charge in [0.1, 0.15) is 11.5 Å². The van der Waals surface area contributed by atoms with Crippen LogP contribution in [0.4, 0.5) is 20.3 Å². The van der Waals surface area contributed by atoms with Gasteiger partial charge in [-0.1, -0.05) is 81.4 Å². The van der Waals surface area contributed by atoms with Crippen LogP contribution in [0.15, 0.2) is 79.1 Å². The first-order chi connectivity index (χ1) is 23.5. The molecular weight excluding hydrogens is 643 g/mol. The molecule has 49 heavy (non-hydrogen) atoms. The molecule has 0 amide bonds. The predicted molar refractivity (Wildman–Crippen MR) is 189 cm³/mol. The van der Waals surface area contributed by atoms with Gasteiger partial charge in [-0.2, -0.15) is 0 Å². The van der Waals surface area contributed by atoms with Crippen LogP contribution >= 0.6 is 0 Å². The lowest BCUT2D eigenvalue weighted by molar-refractivity contribution is -0.00553. The largest absolute Gasteiger partial charge is 0.403 e. The maximum absolute atomic E-state index is 16.5. The molecule has 0 spiro atoms. The second-order valence-electron chi connectivity index (χ2n) is 13.9. The SMILES string of the molecule is CC1CN(c2c(CO[Si](c3ccccc3)(c3ccccc3)C(C)(C)C)cc(C(=O)c3cnc(N4CCOCC4)cn3)c(F)c2F)CC(C)O1. The zero-order valence-corrected chi connectivity index (χ0v) is 29.8. The number of morpholine rings is 2. The standard InChI is InChI=1S/C38H44F2N4O4Si/c1-26-23-44(24-27(2)48-26)36-28(25-47-49(38(3,4)5,29-12-8-6-9-13-29)30-14-10-7-11-15-30)20-31(34(39)35(36)40)37(45)32-21-42-33(22-41-32)43-16-18-46-19-17-43/h6-15,20-22,26-27H,16-19,23-25H2,1-5H3. The summed E-state index contributed by atoms with van der Waals surface area (Å²) in [7, 11) is -3.07. The van der Waals surface area contributed by atoms with Gasteiger partial charge in [0.25, 0.3) is 8.32 Å². The Morgan fingerprint density at radius 1 is 0.878 bits per heavy atom. The number of benzene rings is 3. The highest BCUT2D eigenvalue weighted by atomic mass is 28.4. The predicted octanol–water partition coefficient (Wildman–Crippen LogP) is 5.51. The average Bonchev–Trinajstić information content (AvgIpc) is 3.10.